The van der Waals surface area contributed by atoms with Crippen molar-refractivity contribution in [3.63, 3.8) is 0 Å². The molecule has 13 heavy (non-hydrogen) atoms. The Labute approximate surface area is 78.3 Å². The van der Waals surface area contributed by atoms with Crippen molar-refractivity contribution in [3.8, 4) is 0 Å². The van der Waals surface area contributed by atoms with Crippen molar-refractivity contribution in [2.45, 2.75) is 33.1 Å². The molecule has 0 fully saturated rings. The second kappa shape index (κ2) is 4.54. The van der Waals surface area contributed by atoms with Crippen LogP contribution in [-0.4, -0.2) is 0 Å². The van der Waals surface area contributed by atoms with E-state index in [0.29, 0.717) is 0 Å². The minimum absolute atomic E-state index is 0.157. The normalized spacial score (nSPS) is 23.0. The molecule has 0 aliphatic heterocycles. The van der Waals surface area contributed by atoms with Gasteiger partial charge >= 0.3 is 0 Å². The van der Waals surface area contributed by atoms with E-state index in [-0.39, 0.29) is 29.9 Å². The minimum Gasteiger partial charge on any atom is -0.212 e. The van der Waals surface area contributed by atoms with Crippen LogP contribution >= 0.6 is 0 Å². The number of halogens is 2. The van der Waals surface area contributed by atoms with Gasteiger partial charge in [0, 0.05) is 12.3 Å². The van der Waals surface area contributed by atoms with Gasteiger partial charge in [0.2, 0.25) is 0 Å². The second-order valence-electron chi connectivity index (χ2n) is 3.55. The molecular weight excluding hydrogens is 170 g/mol. The first-order valence-corrected chi connectivity index (χ1v) is 4.90. The molecule has 0 radical (unpaired) electrons. The lowest BCUT2D eigenvalue weighted by molar-refractivity contribution is 0.287. The summed E-state index contributed by atoms with van der Waals surface area (Å²) >= 11 is 0. The summed E-state index contributed by atoms with van der Waals surface area (Å²) < 4.78 is 26.2. The predicted octanol–water partition coefficient (Wildman–Crippen LogP) is 4.15. The first-order valence-electron chi connectivity index (χ1n) is 4.90. The van der Waals surface area contributed by atoms with Crippen molar-refractivity contribution in [2.75, 3.05) is 0 Å². The average Bonchev–Trinajstić information content (AvgIpc) is 2.13. The minimum atomic E-state index is -0.222. The van der Waals surface area contributed by atoms with Crippen LogP contribution in [0.3, 0.4) is 0 Å². The molecule has 0 saturated heterocycles. The van der Waals surface area contributed by atoms with Crippen LogP contribution < -0.4 is 0 Å². The molecule has 1 aliphatic carbocycles. The van der Waals surface area contributed by atoms with Crippen molar-refractivity contribution in [1.29, 1.82) is 0 Å². The molecule has 74 valence electrons. The van der Waals surface area contributed by atoms with Gasteiger partial charge in [0.1, 0.15) is 11.7 Å². The lowest BCUT2D eigenvalue weighted by atomic mass is 9.82. The quantitative estimate of drug-likeness (QED) is 0.621. The first-order chi connectivity index (χ1) is 6.19. The van der Waals surface area contributed by atoms with E-state index in [4.69, 9.17) is 0 Å². The lowest BCUT2D eigenvalue weighted by Gasteiger charge is -2.24. The molecule has 0 aromatic heterocycles. The van der Waals surface area contributed by atoms with Gasteiger partial charge in [0.05, 0.1) is 0 Å². The van der Waals surface area contributed by atoms with Gasteiger partial charge in [-0.25, -0.2) is 8.78 Å². The predicted molar refractivity (Wildman–Crippen MR) is 50.6 cm³/mol. The third-order valence-corrected chi connectivity index (χ3v) is 2.81. The van der Waals surface area contributed by atoms with Crippen LogP contribution in [-0.2, 0) is 0 Å². The number of hydrogen-bond acceptors (Lipinski definition) is 0. The number of rotatable bonds is 3. The van der Waals surface area contributed by atoms with Gasteiger partial charge in [-0.2, -0.15) is 0 Å². The summed E-state index contributed by atoms with van der Waals surface area (Å²) in [6, 6.07) is 0. The summed E-state index contributed by atoms with van der Waals surface area (Å²) in [5.41, 5.74) is 0. The fourth-order valence-electron chi connectivity index (χ4n) is 1.92. The molecule has 0 nitrogen and oxygen atoms in total. The van der Waals surface area contributed by atoms with Crippen molar-refractivity contribution >= 4 is 0 Å². The lowest BCUT2D eigenvalue weighted by Crippen LogP contribution is -2.16. The SMILES string of the molecule is CCC(CC)C1CC(F)=CC=C1F. The summed E-state index contributed by atoms with van der Waals surface area (Å²) in [4.78, 5) is 0. The van der Waals surface area contributed by atoms with Crippen molar-refractivity contribution in [1.82, 2.24) is 0 Å². The first kappa shape index (κ1) is 10.4. The maximum Gasteiger partial charge on any atom is 0.104 e. The van der Waals surface area contributed by atoms with Crippen LogP contribution in [0.25, 0.3) is 0 Å². The Morgan fingerprint density at radius 3 is 2.46 bits per heavy atom. The van der Waals surface area contributed by atoms with Crippen LogP contribution in [0.1, 0.15) is 33.1 Å². The fraction of sp³-hybridized carbons (Fsp3) is 0.636. The third-order valence-electron chi connectivity index (χ3n) is 2.81. The van der Waals surface area contributed by atoms with Gasteiger partial charge in [-0.1, -0.05) is 26.7 Å². The van der Waals surface area contributed by atoms with Gasteiger partial charge in [-0.3, -0.25) is 0 Å². The summed E-state index contributed by atoms with van der Waals surface area (Å²) in [7, 11) is 0. The molecular formula is C11H16F2. The van der Waals surface area contributed by atoms with E-state index in [1.54, 1.807) is 0 Å². The van der Waals surface area contributed by atoms with Gasteiger partial charge < -0.3 is 0 Å². The zero-order chi connectivity index (χ0) is 9.84. The average molecular weight is 186 g/mol. The molecule has 0 saturated carbocycles. The van der Waals surface area contributed by atoms with Crippen LogP contribution in [0.15, 0.2) is 23.8 Å². The topological polar surface area (TPSA) is 0 Å². The highest BCUT2D eigenvalue weighted by Gasteiger charge is 2.26. The van der Waals surface area contributed by atoms with E-state index in [0.717, 1.165) is 12.8 Å². The van der Waals surface area contributed by atoms with E-state index >= 15 is 0 Å². The molecule has 1 aliphatic rings. The molecule has 0 spiro atoms. The maximum absolute atomic E-state index is 13.3. The largest absolute Gasteiger partial charge is 0.212 e. The Morgan fingerprint density at radius 1 is 1.31 bits per heavy atom. The second-order valence-corrected chi connectivity index (χ2v) is 3.55. The fourth-order valence-corrected chi connectivity index (χ4v) is 1.92. The Balaban J connectivity index is 2.71. The van der Waals surface area contributed by atoms with Crippen LogP contribution in [0.2, 0.25) is 0 Å². The van der Waals surface area contributed by atoms with Gasteiger partial charge in [0.25, 0.3) is 0 Å². The highest BCUT2D eigenvalue weighted by molar-refractivity contribution is 5.20. The standard InChI is InChI=1S/C11H16F2/c1-3-8(4-2)10-7-9(12)5-6-11(10)13/h5-6,8,10H,3-4,7H2,1-2H3. The van der Waals surface area contributed by atoms with Gasteiger partial charge in [-0.05, 0) is 18.1 Å². The van der Waals surface area contributed by atoms with Crippen LogP contribution in [0, 0.1) is 11.8 Å². The molecule has 0 aromatic carbocycles. The van der Waals surface area contributed by atoms with E-state index in [9.17, 15) is 8.78 Å². The summed E-state index contributed by atoms with van der Waals surface area (Å²) in [5, 5.41) is 0. The Bertz CT molecular complexity index is 224. The van der Waals surface area contributed by atoms with E-state index < -0.39 is 0 Å². The van der Waals surface area contributed by atoms with E-state index in [1.807, 2.05) is 13.8 Å². The molecule has 1 rings (SSSR count). The highest BCUT2D eigenvalue weighted by Crippen LogP contribution is 2.35. The molecule has 0 heterocycles. The molecule has 2 heteroatoms. The van der Waals surface area contributed by atoms with E-state index in [1.165, 1.54) is 12.2 Å². The van der Waals surface area contributed by atoms with Crippen molar-refractivity contribution in [2.24, 2.45) is 11.8 Å². The van der Waals surface area contributed by atoms with Crippen molar-refractivity contribution < 1.29 is 8.78 Å². The van der Waals surface area contributed by atoms with E-state index in [2.05, 4.69) is 0 Å². The zero-order valence-electron chi connectivity index (χ0n) is 8.19. The molecule has 0 amide bonds. The zero-order valence-corrected chi connectivity index (χ0v) is 8.19. The Morgan fingerprint density at radius 2 is 1.92 bits per heavy atom. The molecule has 0 aromatic rings. The molecule has 1 atom stereocenters. The highest BCUT2D eigenvalue weighted by atomic mass is 19.1. The van der Waals surface area contributed by atoms with Crippen LogP contribution in [0.4, 0.5) is 8.78 Å². The van der Waals surface area contributed by atoms with Crippen molar-refractivity contribution in [3.05, 3.63) is 23.8 Å². The maximum atomic E-state index is 13.3. The molecule has 0 bridgehead atoms. The summed E-state index contributed by atoms with van der Waals surface area (Å²) in [6.07, 6.45) is 4.57. The number of hydrogen-bond donors (Lipinski definition) is 0. The smallest absolute Gasteiger partial charge is 0.104 e. The van der Waals surface area contributed by atoms with Crippen LogP contribution in [0.5, 0.6) is 0 Å². The van der Waals surface area contributed by atoms with Gasteiger partial charge in [0.15, 0.2) is 0 Å². The van der Waals surface area contributed by atoms with Gasteiger partial charge in [-0.15, -0.1) is 0 Å². The Kier molecular flexibility index (Phi) is 3.64. The number of allylic oxidation sites excluding steroid dienone is 4. The monoisotopic (exact) mass is 186 g/mol. The summed E-state index contributed by atoms with van der Waals surface area (Å²) in [6.45, 7) is 4.05. The third kappa shape index (κ3) is 2.39. The summed E-state index contributed by atoms with van der Waals surface area (Å²) in [5.74, 6) is -0.302. The molecule has 0 N–H and O–H groups in total. The Hall–Kier alpha value is -0.660. The molecule has 1 unspecified atom stereocenters.